The Morgan fingerprint density at radius 3 is 2.16 bits per heavy atom. The molecule has 0 heterocycles. The van der Waals surface area contributed by atoms with Crippen LogP contribution in [0.5, 0.6) is 0 Å². The number of nitrogens with zero attached hydrogens (tertiary/aromatic N) is 1. The van der Waals surface area contributed by atoms with E-state index in [0.717, 1.165) is 16.3 Å². The summed E-state index contributed by atoms with van der Waals surface area (Å²) in [5.74, 6) is -0.702. The first kappa shape index (κ1) is 28.7. The Morgan fingerprint density at radius 2 is 1.55 bits per heavy atom. The van der Waals surface area contributed by atoms with Gasteiger partial charge in [-0.15, -0.1) is 0 Å². The van der Waals surface area contributed by atoms with Gasteiger partial charge in [0, 0.05) is 11.7 Å². The molecule has 3 rings (SSSR count). The maximum Gasteiger partial charge on any atom is 0.408 e. The summed E-state index contributed by atoms with van der Waals surface area (Å²) in [7, 11) is 0. The molecule has 0 bridgehead atoms. The van der Waals surface area contributed by atoms with E-state index in [1.165, 1.54) is 0 Å². The summed E-state index contributed by atoms with van der Waals surface area (Å²) >= 11 is 0. The van der Waals surface area contributed by atoms with E-state index >= 15 is 0 Å². The minimum Gasteiger partial charge on any atom is -0.444 e. The predicted octanol–water partition coefficient (Wildman–Crippen LogP) is 6.37. The van der Waals surface area contributed by atoms with Crippen molar-refractivity contribution >= 4 is 34.4 Å². The highest BCUT2D eigenvalue weighted by atomic mass is 16.6. The van der Waals surface area contributed by atoms with Gasteiger partial charge in [0.1, 0.15) is 17.7 Å². The number of fused-ring (bicyclic) bond motifs is 1. The highest BCUT2D eigenvalue weighted by Gasteiger charge is 2.37. The maximum atomic E-state index is 13.9. The first-order chi connectivity index (χ1) is 17.9. The van der Waals surface area contributed by atoms with E-state index in [0.29, 0.717) is 17.7 Å². The molecule has 0 aliphatic heterocycles. The Bertz CT molecular complexity index is 1280. The Labute approximate surface area is 225 Å². The monoisotopic (exact) mass is 517 g/mol. The van der Waals surface area contributed by atoms with Crippen LogP contribution in [0.1, 0.15) is 65.1 Å². The number of ether oxygens (including phenoxy) is 1. The lowest BCUT2D eigenvalue weighted by Gasteiger charge is -2.37. The van der Waals surface area contributed by atoms with Gasteiger partial charge in [-0.3, -0.25) is 9.59 Å². The van der Waals surface area contributed by atoms with Gasteiger partial charge in [-0.25, -0.2) is 4.79 Å². The lowest BCUT2D eigenvalue weighted by molar-refractivity contribution is -0.143. The fraction of sp³-hybridized carbons (Fsp3) is 0.387. The van der Waals surface area contributed by atoms with E-state index in [9.17, 15) is 14.4 Å². The van der Waals surface area contributed by atoms with Crippen LogP contribution < -0.4 is 10.6 Å². The van der Waals surface area contributed by atoms with Crippen LogP contribution in [-0.4, -0.2) is 40.5 Å². The third kappa shape index (κ3) is 7.34. The van der Waals surface area contributed by atoms with E-state index in [1.54, 1.807) is 32.6 Å². The normalized spacial score (nSPS) is 13.8. The average molecular weight is 518 g/mol. The molecule has 3 aromatic carbocycles. The molecule has 0 aromatic heterocycles. The fourth-order valence-electron chi connectivity index (χ4n) is 4.23. The number of carbonyl (C=O) groups is 3. The Balaban J connectivity index is 1.97. The SMILES string of the molecule is CCC(C)N(C(=O)C(C)NC(=O)OC(C)(C)C)C(C(=O)Nc1ccc2ccccc2c1)c1ccc(C)cc1. The molecule has 3 unspecified atom stereocenters. The number of hydrogen-bond acceptors (Lipinski definition) is 4. The molecule has 0 saturated carbocycles. The van der Waals surface area contributed by atoms with E-state index in [-0.39, 0.29) is 17.9 Å². The summed E-state index contributed by atoms with van der Waals surface area (Å²) < 4.78 is 5.34. The number of alkyl carbamates (subject to hydrolysis) is 1. The van der Waals surface area contributed by atoms with Crippen LogP contribution in [0.3, 0.4) is 0 Å². The van der Waals surface area contributed by atoms with Crippen molar-refractivity contribution in [2.45, 2.75) is 78.6 Å². The number of carbonyl (C=O) groups excluding carboxylic acids is 3. The molecule has 0 fully saturated rings. The average Bonchev–Trinajstić information content (AvgIpc) is 2.85. The molecule has 3 atom stereocenters. The smallest absolute Gasteiger partial charge is 0.408 e. The first-order valence-corrected chi connectivity index (χ1v) is 13.1. The second-order valence-corrected chi connectivity index (χ2v) is 10.7. The molecule has 3 aromatic rings. The van der Waals surface area contributed by atoms with Crippen LogP contribution in [0.25, 0.3) is 10.8 Å². The van der Waals surface area contributed by atoms with Crippen molar-refractivity contribution in [3.05, 3.63) is 77.9 Å². The van der Waals surface area contributed by atoms with Crippen molar-refractivity contribution in [2.24, 2.45) is 0 Å². The number of hydrogen-bond donors (Lipinski definition) is 2. The van der Waals surface area contributed by atoms with Gasteiger partial charge in [-0.05, 0) is 76.4 Å². The van der Waals surface area contributed by atoms with Crippen LogP contribution in [0.4, 0.5) is 10.5 Å². The minimum atomic E-state index is -0.910. The zero-order valence-corrected chi connectivity index (χ0v) is 23.4. The maximum absolute atomic E-state index is 13.9. The minimum absolute atomic E-state index is 0.279. The van der Waals surface area contributed by atoms with Crippen molar-refractivity contribution in [3.8, 4) is 0 Å². The molecular weight excluding hydrogens is 478 g/mol. The van der Waals surface area contributed by atoms with Gasteiger partial charge in [0.05, 0.1) is 0 Å². The molecule has 7 heteroatoms. The van der Waals surface area contributed by atoms with Crippen LogP contribution in [0.2, 0.25) is 0 Å². The van der Waals surface area contributed by atoms with E-state index < -0.39 is 23.8 Å². The summed E-state index contributed by atoms with van der Waals surface area (Å²) in [6.45, 7) is 12.7. The van der Waals surface area contributed by atoms with Gasteiger partial charge in [-0.1, -0.05) is 67.1 Å². The molecule has 2 N–H and O–H groups in total. The highest BCUT2D eigenvalue weighted by Crippen LogP contribution is 2.28. The molecule has 38 heavy (non-hydrogen) atoms. The highest BCUT2D eigenvalue weighted by molar-refractivity contribution is 6.00. The predicted molar refractivity (Wildman–Crippen MR) is 152 cm³/mol. The summed E-state index contributed by atoms with van der Waals surface area (Å²) in [6, 6.07) is 19.1. The number of aryl methyl sites for hydroxylation is 1. The van der Waals surface area contributed by atoms with Gasteiger partial charge in [0.15, 0.2) is 0 Å². The quantitative estimate of drug-likeness (QED) is 0.364. The van der Waals surface area contributed by atoms with Gasteiger partial charge < -0.3 is 20.3 Å². The number of rotatable bonds is 8. The Hall–Kier alpha value is -3.87. The number of anilines is 1. The van der Waals surface area contributed by atoms with Crippen LogP contribution in [-0.2, 0) is 14.3 Å². The van der Waals surface area contributed by atoms with Gasteiger partial charge in [-0.2, -0.15) is 0 Å². The van der Waals surface area contributed by atoms with Crippen molar-refractivity contribution in [1.29, 1.82) is 0 Å². The molecule has 0 spiro atoms. The molecule has 0 aliphatic rings. The fourth-order valence-corrected chi connectivity index (χ4v) is 4.23. The zero-order valence-electron chi connectivity index (χ0n) is 23.4. The molecular formula is C31H39N3O4. The number of nitrogens with one attached hydrogen (secondary N) is 2. The summed E-state index contributed by atoms with van der Waals surface area (Å²) in [4.78, 5) is 41.7. The lowest BCUT2D eigenvalue weighted by Crippen LogP contribution is -2.53. The first-order valence-electron chi connectivity index (χ1n) is 13.1. The van der Waals surface area contributed by atoms with Crippen molar-refractivity contribution in [2.75, 3.05) is 5.32 Å². The molecule has 7 nitrogen and oxygen atoms in total. The molecule has 0 radical (unpaired) electrons. The zero-order chi connectivity index (χ0) is 28.0. The summed E-state index contributed by atoms with van der Waals surface area (Å²) in [5.41, 5.74) is 1.67. The van der Waals surface area contributed by atoms with Crippen LogP contribution >= 0.6 is 0 Å². The van der Waals surface area contributed by atoms with Crippen molar-refractivity contribution < 1.29 is 19.1 Å². The third-order valence-electron chi connectivity index (χ3n) is 6.36. The van der Waals surface area contributed by atoms with Crippen molar-refractivity contribution in [1.82, 2.24) is 10.2 Å². The van der Waals surface area contributed by atoms with Crippen LogP contribution in [0, 0.1) is 6.92 Å². The molecule has 202 valence electrons. The van der Waals surface area contributed by atoms with E-state index in [4.69, 9.17) is 4.74 Å². The molecule has 0 aliphatic carbocycles. The summed E-state index contributed by atoms with van der Waals surface area (Å²) in [5, 5.41) is 7.73. The Morgan fingerprint density at radius 1 is 0.921 bits per heavy atom. The third-order valence-corrected chi connectivity index (χ3v) is 6.36. The van der Waals surface area contributed by atoms with E-state index in [2.05, 4.69) is 10.6 Å². The second kappa shape index (κ2) is 12.1. The standard InChI is InChI=1S/C31H39N3O4/c1-8-21(3)34(29(36)22(4)32-30(37)38-31(5,6)7)27(24-15-13-20(2)14-16-24)28(35)33-26-18-17-23-11-9-10-12-25(23)19-26/h9-19,21-22,27H,8H2,1-7H3,(H,32,37)(H,33,35). The van der Waals surface area contributed by atoms with E-state index in [1.807, 2.05) is 87.5 Å². The Kier molecular flexibility index (Phi) is 9.15. The summed E-state index contributed by atoms with van der Waals surface area (Å²) in [6.07, 6.45) is -0.0637. The van der Waals surface area contributed by atoms with Gasteiger partial charge in [0.2, 0.25) is 5.91 Å². The topological polar surface area (TPSA) is 87.7 Å². The van der Waals surface area contributed by atoms with Crippen molar-refractivity contribution in [3.63, 3.8) is 0 Å². The lowest BCUT2D eigenvalue weighted by atomic mass is 9.99. The molecule has 3 amide bonds. The van der Waals surface area contributed by atoms with Gasteiger partial charge in [0.25, 0.3) is 5.91 Å². The second-order valence-electron chi connectivity index (χ2n) is 10.7. The van der Waals surface area contributed by atoms with Gasteiger partial charge >= 0.3 is 6.09 Å². The number of amides is 3. The number of benzene rings is 3. The largest absolute Gasteiger partial charge is 0.444 e. The van der Waals surface area contributed by atoms with Crippen LogP contribution in [0.15, 0.2) is 66.7 Å². The molecule has 0 saturated heterocycles.